The number of carbonyl (C=O) groups excluding carboxylic acids is 1. The smallest absolute Gasteiger partial charge is 0.368 e. The third-order valence-electron chi connectivity index (χ3n) is 5.83. The molecule has 2 atom stereocenters. The quantitative estimate of drug-likeness (QED) is 0.559. The van der Waals surface area contributed by atoms with Gasteiger partial charge in [0.25, 0.3) is 0 Å². The molecule has 0 radical (unpaired) electrons. The normalized spacial score (nSPS) is 17.3. The second-order valence-electron chi connectivity index (χ2n) is 9.15. The first-order chi connectivity index (χ1) is 15.3. The molecule has 1 heterocycles. The summed E-state index contributed by atoms with van der Waals surface area (Å²) in [7, 11) is 0. The summed E-state index contributed by atoms with van der Waals surface area (Å²) in [6.07, 6.45) is -3.50. The molecule has 1 aliphatic carbocycles. The number of amides is 1. The van der Waals surface area contributed by atoms with Crippen molar-refractivity contribution in [3.63, 3.8) is 0 Å². The van der Waals surface area contributed by atoms with Gasteiger partial charge in [-0.05, 0) is 50.8 Å². The fourth-order valence-corrected chi connectivity index (χ4v) is 4.07. The molecule has 5 nitrogen and oxygen atoms in total. The molecule has 1 aromatic heterocycles. The minimum Gasteiger partial charge on any atom is -0.368 e. The van der Waals surface area contributed by atoms with E-state index in [1.165, 1.54) is 38.1 Å². The topological polar surface area (TPSA) is 83.0 Å². The average Bonchev–Trinajstić information content (AvgIpc) is 3.50. The number of pyridine rings is 1. The van der Waals surface area contributed by atoms with Crippen LogP contribution in [0.25, 0.3) is 11.1 Å². The predicted octanol–water partition coefficient (Wildman–Crippen LogP) is 5.01. The number of primary amides is 1. The minimum absolute atomic E-state index is 0.139. The van der Waals surface area contributed by atoms with Gasteiger partial charge in [0.1, 0.15) is 17.2 Å². The lowest BCUT2D eigenvalue weighted by Crippen LogP contribution is -2.57. The molecule has 1 aromatic carbocycles. The SMILES string of the molecule is Cc1ccc(-c2ccc([C@H](N([C@@H](CC(C)(C)F)C(N)=O)C3(C#N)CC3)C(F)(F)F)cc2)cn1. The molecule has 1 aliphatic rings. The monoisotopic (exact) mass is 462 g/mol. The van der Waals surface area contributed by atoms with Gasteiger partial charge in [0.15, 0.2) is 0 Å². The van der Waals surface area contributed by atoms with Crippen LogP contribution in [0.1, 0.15) is 50.4 Å². The van der Waals surface area contributed by atoms with Crippen molar-refractivity contribution in [2.24, 2.45) is 5.73 Å². The molecule has 176 valence electrons. The van der Waals surface area contributed by atoms with E-state index in [0.717, 1.165) is 16.2 Å². The van der Waals surface area contributed by atoms with Crippen molar-refractivity contribution < 1.29 is 22.4 Å². The lowest BCUT2D eigenvalue weighted by Gasteiger charge is -2.42. The number of aromatic nitrogens is 1. The van der Waals surface area contributed by atoms with Crippen LogP contribution in [0.4, 0.5) is 17.6 Å². The zero-order valence-corrected chi connectivity index (χ0v) is 18.7. The Morgan fingerprint density at radius 2 is 1.73 bits per heavy atom. The highest BCUT2D eigenvalue weighted by Crippen LogP contribution is 2.52. The van der Waals surface area contributed by atoms with E-state index in [2.05, 4.69) is 4.98 Å². The average molecular weight is 462 g/mol. The van der Waals surface area contributed by atoms with Crippen LogP contribution in [0.2, 0.25) is 0 Å². The summed E-state index contributed by atoms with van der Waals surface area (Å²) in [6.45, 7) is 4.16. The van der Waals surface area contributed by atoms with Gasteiger partial charge in [0.05, 0.1) is 12.1 Å². The number of rotatable bonds is 8. The molecule has 0 aliphatic heterocycles. The Balaban J connectivity index is 2.09. The first-order valence-corrected chi connectivity index (χ1v) is 10.5. The van der Waals surface area contributed by atoms with Crippen LogP contribution in [0.15, 0.2) is 42.6 Å². The van der Waals surface area contributed by atoms with Crippen molar-refractivity contribution >= 4 is 5.91 Å². The van der Waals surface area contributed by atoms with E-state index in [-0.39, 0.29) is 18.4 Å². The van der Waals surface area contributed by atoms with Gasteiger partial charge >= 0.3 is 6.18 Å². The van der Waals surface area contributed by atoms with Crippen LogP contribution < -0.4 is 5.73 Å². The molecule has 9 heteroatoms. The molecule has 0 saturated heterocycles. The number of nitrogens with zero attached hydrogens (tertiary/aromatic N) is 3. The van der Waals surface area contributed by atoms with Crippen molar-refractivity contribution in [1.82, 2.24) is 9.88 Å². The third-order valence-corrected chi connectivity index (χ3v) is 5.83. The first-order valence-electron chi connectivity index (χ1n) is 10.5. The summed E-state index contributed by atoms with van der Waals surface area (Å²) in [5.41, 5.74) is 4.01. The zero-order valence-electron chi connectivity index (χ0n) is 18.7. The zero-order chi connectivity index (χ0) is 24.6. The molecule has 1 saturated carbocycles. The number of aryl methyl sites for hydroxylation is 1. The van der Waals surface area contributed by atoms with Crippen molar-refractivity contribution in [1.29, 1.82) is 5.26 Å². The highest BCUT2D eigenvalue weighted by atomic mass is 19.4. The predicted molar refractivity (Wildman–Crippen MR) is 115 cm³/mol. The van der Waals surface area contributed by atoms with Gasteiger partial charge in [-0.25, -0.2) is 4.39 Å². The number of hydrogen-bond acceptors (Lipinski definition) is 4. The number of carbonyl (C=O) groups is 1. The molecule has 1 fully saturated rings. The van der Waals surface area contributed by atoms with Gasteiger partial charge in [-0.3, -0.25) is 14.7 Å². The van der Waals surface area contributed by atoms with Crippen LogP contribution in [-0.2, 0) is 4.79 Å². The standard InChI is InChI=1S/C24H26F4N4O/c1-15-4-5-18(13-31-15)16-6-8-17(9-7-16)20(24(26,27)28)32(23(14-29)10-11-23)19(21(30)33)12-22(2,3)25/h4-9,13,19-20H,10-12H2,1-3H3,(H2,30,33)/t19-,20-/m0/s1. The molecule has 0 unspecified atom stereocenters. The van der Waals surface area contributed by atoms with E-state index in [4.69, 9.17) is 5.73 Å². The minimum atomic E-state index is -4.84. The van der Waals surface area contributed by atoms with E-state index in [1.54, 1.807) is 12.3 Å². The Labute approximate surface area is 190 Å². The Morgan fingerprint density at radius 1 is 1.15 bits per heavy atom. The lowest BCUT2D eigenvalue weighted by molar-refractivity contribution is -0.201. The Morgan fingerprint density at radius 3 is 2.12 bits per heavy atom. The van der Waals surface area contributed by atoms with E-state index in [1.807, 2.05) is 19.1 Å². The highest BCUT2D eigenvalue weighted by Gasteiger charge is 2.61. The molecule has 3 rings (SSSR count). The maximum atomic E-state index is 14.5. The molecule has 33 heavy (non-hydrogen) atoms. The van der Waals surface area contributed by atoms with Crippen molar-refractivity contribution in [3.05, 3.63) is 53.9 Å². The van der Waals surface area contributed by atoms with Crippen LogP contribution in [0.5, 0.6) is 0 Å². The van der Waals surface area contributed by atoms with Gasteiger partial charge in [-0.2, -0.15) is 18.4 Å². The summed E-state index contributed by atoms with van der Waals surface area (Å²) >= 11 is 0. The highest BCUT2D eigenvalue weighted by molar-refractivity contribution is 5.80. The van der Waals surface area contributed by atoms with E-state index in [0.29, 0.717) is 5.56 Å². The molecule has 2 aromatic rings. The fraction of sp³-hybridized carbons (Fsp3) is 0.458. The van der Waals surface area contributed by atoms with Gasteiger partial charge in [-0.15, -0.1) is 0 Å². The molecular weight excluding hydrogens is 436 g/mol. The number of nitrogens with two attached hydrogens (primary N) is 1. The summed E-state index contributed by atoms with van der Waals surface area (Å²) < 4.78 is 57.9. The molecule has 1 amide bonds. The Hall–Kier alpha value is -2.99. The number of halogens is 4. The maximum Gasteiger partial charge on any atom is 0.408 e. The Bertz CT molecular complexity index is 1030. The summed E-state index contributed by atoms with van der Waals surface area (Å²) in [4.78, 5) is 17.3. The number of nitriles is 1. The van der Waals surface area contributed by atoms with E-state index < -0.39 is 41.8 Å². The maximum absolute atomic E-state index is 14.5. The molecular formula is C24H26F4N4O. The van der Waals surface area contributed by atoms with Gasteiger partial charge < -0.3 is 5.73 Å². The number of hydrogen-bond donors (Lipinski definition) is 1. The van der Waals surface area contributed by atoms with Crippen LogP contribution in [0, 0.1) is 18.3 Å². The largest absolute Gasteiger partial charge is 0.408 e. The number of alkyl halides is 4. The van der Waals surface area contributed by atoms with Crippen LogP contribution in [0.3, 0.4) is 0 Å². The van der Waals surface area contributed by atoms with Crippen LogP contribution >= 0.6 is 0 Å². The van der Waals surface area contributed by atoms with E-state index in [9.17, 15) is 27.6 Å². The summed E-state index contributed by atoms with van der Waals surface area (Å²) in [5.74, 6) is -1.10. The number of benzene rings is 1. The summed E-state index contributed by atoms with van der Waals surface area (Å²) in [5, 5.41) is 9.72. The van der Waals surface area contributed by atoms with Gasteiger partial charge in [0.2, 0.25) is 5.91 Å². The molecule has 0 spiro atoms. The molecule has 2 N–H and O–H groups in total. The van der Waals surface area contributed by atoms with Crippen molar-refractivity contribution in [2.75, 3.05) is 0 Å². The third kappa shape index (κ3) is 5.50. The van der Waals surface area contributed by atoms with Crippen LogP contribution in [-0.4, -0.2) is 39.2 Å². The second kappa shape index (κ2) is 8.75. The molecule has 0 bridgehead atoms. The first kappa shape index (κ1) is 24.6. The van der Waals surface area contributed by atoms with Crippen molar-refractivity contribution in [2.45, 2.75) is 69.5 Å². The lowest BCUT2D eigenvalue weighted by atomic mass is 9.92. The van der Waals surface area contributed by atoms with Crippen molar-refractivity contribution in [3.8, 4) is 17.2 Å². The summed E-state index contributed by atoms with van der Waals surface area (Å²) in [6, 6.07) is 7.31. The van der Waals surface area contributed by atoms with Gasteiger partial charge in [0, 0.05) is 23.9 Å². The second-order valence-corrected chi connectivity index (χ2v) is 9.15. The fourth-order valence-electron chi connectivity index (χ4n) is 4.07. The van der Waals surface area contributed by atoms with Gasteiger partial charge in [-0.1, -0.05) is 30.3 Å². The Kier molecular flexibility index (Phi) is 6.53. The van der Waals surface area contributed by atoms with E-state index >= 15 is 0 Å².